The van der Waals surface area contributed by atoms with E-state index in [-0.39, 0.29) is 11.5 Å². The minimum absolute atomic E-state index is 0.0570. The molecule has 1 heterocycles. The fraction of sp³-hybridized carbons (Fsp3) is 0.538. The quantitative estimate of drug-likeness (QED) is 0.714. The topological polar surface area (TPSA) is 9.23 Å². The lowest BCUT2D eigenvalue weighted by molar-refractivity contribution is 0.107. The first-order valence-electron chi connectivity index (χ1n) is 5.62. The lowest BCUT2D eigenvalue weighted by atomic mass is 9.98. The highest BCUT2D eigenvalue weighted by Crippen LogP contribution is 2.35. The fourth-order valence-corrected chi connectivity index (χ4v) is 2.79. The van der Waals surface area contributed by atoms with Gasteiger partial charge >= 0.3 is 0 Å². The monoisotopic (exact) mass is 258 g/mol. The van der Waals surface area contributed by atoms with Gasteiger partial charge in [0.1, 0.15) is 0 Å². The van der Waals surface area contributed by atoms with Gasteiger partial charge in [-0.15, -0.1) is 11.6 Å². The summed E-state index contributed by atoms with van der Waals surface area (Å²) in [6.45, 7) is 4.88. The Kier molecular flexibility index (Phi) is 3.78. The molecule has 0 spiro atoms. The number of benzene rings is 1. The van der Waals surface area contributed by atoms with Crippen molar-refractivity contribution in [3.63, 3.8) is 0 Å². The average molecular weight is 259 g/mol. The normalized spacial score (nSPS) is 22.4. The molecule has 0 aromatic heterocycles. The molecule has 16 heavy (non-hydrogen) atoms. The maximum atomic E-state index is 6.47. The van der Waals surface area contributed by atoms with Crippen LogP contribution in [0.2, 0.25) is 5.02 Å². The molecule has 1 saturated heterocycles. The van der Waals surface area contributed by atoms with Crippen LogP contribution in [-0.4, -0.2) is 12.7 Å². The van der Waals surface area contributed by atoms with Gasteiger partial charge in [0.2, 0.25) is 0 Å². The van der Waals surface area contributed by atoms with Crippen LogP contribution in [-0.2, 0) is 4.74 Å². The zero-order chi connectivity index (χ0) is 11.7. The van der Waals surface area contributed by atoms with Gasteiger partial charge in [-0.05, 0) is 49.4 Å². The molecule has 0 aliphatic carbocycles. The minimum atomic E-state index is -0.0570. The summed E-state index contributed by atoms with van der Waals surface area (Å²) < 4.78 is 5.63. The van der Waals surface area contributed by atoms with Crippen LogP contribution < -0.4 is 0 Å². The Hall–Kier alpha value is -0.240. The van der Waals surface area contributed by atoms with Crippen LogP contribution in [0.4, 0.5) is 0 Å². The van der Waals surface area contributed by atoms with Crippen molar-refractivity contribution in [3.8, 4) is 0 Å². The third-order valence-corrected chi connectivity index (χ3v) is 4.06. The zero-order valence-electron chi connectivity index (χ0n) is 9.59. The maximum Gasteiger partial charge on any atom is 0.0849 e. The highest BCUT2D eigenvalue weighted by molar-refractivity contribution is 6.31. The largest absolute Gasteiger partial charge is 0.376 e. The van der Waals surface area contributed by atoms with E-state index in [1.807, 2.05) is 19.9 Å². The van der Waals surface area contributed by atoms with E-state index >= 15 is 0 Å². The van der Waals surface area contributed by atoms with Gasteiger partial charge in [0.25, 0.3) is 0 Å². The molecule has 2 atom stereocenters. The summed E-state index contributed by atoms with van der Waals surface area (Å²) in [6, 6.07) is 4.06. The van der Waals surface area contributed by atoms with E-state index in [1.54, 1.807) is 0 Å². The second kappa shape index (κ2) is 4.95. The van der Waals surface area contributed by atoms with Crippen LogP contribution >= 0.6 is 23.2 Å². The number of rotatable bonds is 2. The van der Waals surface area contributed by atoms with E-state index in [2.05, 4.69) is 6.07 Å². The van der Waals surface area contributed by atoms with Crippen molar-refractivity contribution >= 4 is 23.2 Å². The minimum Gasteiger partial charge on any atom is -0.376 e. The molecule has 1 aliphatic rings. The van der Waals surface area contributed by atoms with Gasteiger partial charge in [-0.1, -0.05) is 17.7 Å². The van der Waals surface area contributed by atoms with Gasteiger partial charge in [0.15, 0.2) is 0 Å². The van der Waals surface area contributed by atoms with Crippen LogP contribution in [0.25, 0.3) is 0 Å². The van der Waals surface area contributed by atoms with E-state index in [0.29, 0.717) is 0 Å². The lowest BCUT2D eigenvalue weighted by Crippen LogP contribution is -2.13. The van der Waals surface area contributed by atoms with Crippen LogP contribution in [0.5, 0.6) is 0 Å². The van der Waals surface area contributed by atoms with Gasteiger partial charge < -0.3 is 4.74 Å². The number of hydrogen-bond acceptors (Lipinski definition) is 1. The van der Waals surface area contributed by atoms with E-state index in [1.165, 1.54) is 0 Å². The Morgan fingerprint density at radius 2 is 2.06 bits per heavy atom. The fourth-order valence-electron chi connectivity index (χ4n) is 2.13. The van der Waals surface area contributed by atoms with Gasteiger partial charge in [0, 0.05) is 11.6 Å². The smallest absolute Gasteiger partial charge is 0.0849 e. The lowest BCUT2D eigenvalue weighted by Gasteiger charge is -2.19. The number of aryl methyl sites for hydroxylation is 2. The molecule has 0 bridgehead atoms. The van der Waals surface area contributed by atoms with Crippen molar-refractivity contribution in [1.82, 2.24) is 0 Å². The SMILES string of the molecule is Cc1cc(C(Cl)C2CCCO2)c(C)cc1Cl. The number of halogens is 2. The molecular formula is C13H16Cl2O. The highest BCUT2D eigenvalue weighted by Gasteiger charge is 2.26. The molecular weight excluding hydrogens is 243 g/mol. The van der Waals surface area contributed by atoms with Crippen LogP contribution in [0.3, 0.4) is 0 Å². The van der Waals surface area contributed by atoms with Crippen LogP contribution in [0, 0.1) is 13.8 Å². The first kappa shape index (κ1) is 12.2. The first-order valence-corrected chi connectivity index (χ1v) is 6.43. The predicted molar refractivity (Wildman–Crippen MR) is 68.5 cm³/mol. The Morgan fingerprint density at radius 1 is 1.31 bits per heavy atom. The standard InChI is InChI=1S/C13H16Cl2O/c1-8-7-11(14)9(2)6-10(8)13(15)12-4-3-5-16-12/h6-7,12-13H,3-5H2,1-2H3. The first-order chi connectivity index (χ1) is 7.59. The number of alkyl halides is 1. The molecule has 1 aromatic rings. The summed E-state index contributed by atoms with van der Waals surface area (Å²) in [5.41, 5.74) is 3.37. The van der Waals surface area contributed by atoms with E-state index in [9.17, 15) is 0 Å². The van der Waals surface area contributed by atoms with E-state index < -0.39 is 0 Å². The van der Waals surface area contributed by atoms with Crippen molar-refractivity contribution in [1.29, 1.82) is 0 Å². The second-order valence-corrected chi connectivity index (χ2v) is 5.29. The van der Waals surface area contributed by atoms with Gasteiger partial charge in [-0.2, -0.15) is 0 Å². The van der Waals surface area contributed by atoms with Crippen molar-refractivity contribution in [2.45, 2.75) is 38.2 Å². The summed E-state index contributed by atoms with van der Waals surface area (Å²) in [4.78, 5) is 0. The molecule has 0 N–H and O–H groups in total. The van der Waals surface area contributed by atoms with Gasteiger partial charge in [-0.25, -0.2) is 0 Å². The Morgan fingerprint density at radius 3 is 2.69 bits per heavy atom. The molecule has 3 heteroatoms. The molecule has 1 aromatic carbocycles. The zero-order valence-corrected chi connectivity index (χ0v) is 11.1. The molecule has 0 radical (unpaired) electrons. The van der Waals surface area contributed by atoms with Crippen LogP contribution in [0.15, 0.2) is 12.1 Å². The van der Waals surface area contributed by atoms with Crippen LogP contribution in [0.1, 0.15) is 34.9 Å². The van der Waals surface area contributed by atoms with E-state index in [4.69, 9.17) is 27.9 Å². The van der Waals surface area contributed by atoms with Crippen molar-refractivity contribution in [3.05, 3.63) is 33.8 Å². The Balaban J connectivity index is 2.28. The number of ether oxygens (including phenoxy) is 1. The molecule has 0 saturated carbocycles. The van der Waals surface area contributed by atoms with Crippen molar-refractivity contribution in [2.24, 2.45) is 0 Å². The predicted octanol–water partition coefficient (Wildman–Crippen LogP) is 4.42. The molecule has 2 unspecified atom stereocenters. The highest BCUT2D eigenvalue weighted by atomic mass is 35.5. The summed E-state index contributed by atoms with van der Waals surface area (Å²) in [5.74, 6) is 0. The van der Waals surface area contributed by atoms with Crippen molar-refractivity contribution < 1.29 is 4.74 Å². The second-order valence-electron chi connectivity index (χ2n) is 4.41. The summed E-state index contributed by atoms with van der Waals surface area (Å²) in [5, 5.41) is 0.746. The third kappa shape index (κ3) is 2.37. The molecule has 1 fully saturated rings. The Bertz CT molecular complexity index is 384. The van der Waals surface area contributed by atoms with Gasteiger partial charge in [-0.3, -0.25) is 0 Å². The summed E-state index contributed by atoms with van der Waals surface area (Å²) in [6.07, 6.45) is 2.32. The molecule has 1 nitrogen and oxygen atoms in total. The molecule has 1 aliphatic heterocycles. The molecule has 0 amide bonds. The number of hydrogen-bond donors (Lipinski definition) is 0. The maximum absolute atomic E-state index is 6.47. The Labute approximate surface area is 107 Å². The molecule has 2 rings (SSSR count). The molecule has 88 valence electrons. The van der Waals surface area contributed by atoms with Gasteiger partial charge in [0.05, 0.1) is 11.5 Å². The summed E-state index contributed by atoms with van der Waals surface area (Å²) in [7, 11) is 0. The van der Waals surface area contributed by atoms with E-state index in [0.717, 1.165) is 41.2 Å². The average Bonchev–Trinajstić information content (AvgIpc) is 2.75. The third-order valence-electron chi connectivity index (χ3n) is 3.14. The summed E-state index contributed by atoms with van der Waals surface area (Å²) >= 11 is 12.5. The van der Waals surface area contributed by atoms with Crippen molar-refractivity contribution in [2.75, 3.05) is 6.61 Å².